The summed E-state index contributed by atoms with van der Waals surface area (Å²) in [4.78, 5) is 61.8. The molecule has 0 radical (unpaired) electrons. The number of ether oxygens (including phenoxy) is 8. The standard InChI is InChI=1S/C46H60O13/c1-7-52-41-29-39(24-25-40(41)59-46(51)35-16-22-38(23-17-35)57-43(48)31(4)5)58-45(50)34-12-18-36(19-13-34)53-26-8-9-27-55-44(49)33-14-20-37(21-15-33)56-32(6)11-10-28-54-42(47)30(2)3/h16-17,22-25,29,32-34,36-37H,2,4,7-15,18-21,26-28H2,1,3,5-6H3. The molecule has 13 nitrogen and oxygen atoms in total. The highest BCUT2D eigenvalue weighted by Crippen LogP contribution is 2.34. The van der Waals surface area contributed by atoms with Crippen molar-refractivity contribution in [2.75, 3.05) is 26.4 Å². The second-order valence-corrected chi connectivity index (χ2v) is 15.2. The fourth-order valence-electron chi connectivity index (χ4n) is 6.82. The fourth-order valence-corrected chi connectivity index (χ4v) is 6.82. The lowest BCUT2D eigenvalue weighted by atomic mass is 9.87. The Labute approximate surface area is 347 Å². The van der Waals surface area contributed by atoms with E-state index in [1.54, 1.807) is 26.8 Å². The van der Waals surface area contributed by atoms with E-state index in [1.165, 1.54) is 36.4 Å². The summed E-state index contributed by atoms with van der Waals surface area (Å²) in [6.07, 6.45) is 9.13. The van der Waals surface area contributed by atoms with Crippen molar-refractivity contribution in [3.63, 3.8) is 0 Å². The van der Waals surface area contributed by atoms with Crippen LogP contribution >= 0.6 is 0 Å². The molecule has 4 rings (SSSR count). The van der Waals surface area contributed by atoms with Gasteiger partial charge in [0.05, 0.1) is 55.5 Å². The monoisotopic (exact) mass is 820 g/mol. The third-order valence-corrected chi connectivity index (χ3v) is 10.2. The van der Waals surface area contributed by atoms with Crippen molar-refractivity contribution < 1.29 is 61.9 Å². The molecule has 0 saturated heterocycles. The van der Waals surface area contributed by atoms with Crippen LogP contribution in [0.5, 0.6) is 23.0 Å². The van der Waals surface area contributed by atoms with Crippen molar-refractivity contribution in [1.29, 1.82) is 0 Å². The molecule has 0 bridgehead atoms. The topological polar surface area (TPSA) is 159 Å². The third kappa shape index (κ3) is 15.9. The summed E-state index contributed by atoms with van der Waals surface area (Å²) in [5.74, 6) is -1.46. The second-order valence-electron chi connectivity index (χ2n) is 15.2. The third-order valence-electron chi connectivity index (χ3n) is 10.2. The van der Waals surface area contributed by atoms with Crippen LogP contribution in [0.2, 0.25) is 0 Å². The molecule has 1 unspecified atom stereocenters. The smallest absolute Gasteiger partial charge is 0.343 e. The average Bonchev–Trinajstić information content (AvgIpc) is 3.22. The zero-order valence-electron chi connectivity index (χ0n) is 35.0. The van der Waals surface area contributed by atoms with E-state index in [2.05, 4.69) is 13.2 Å². The van der Waals surface area contributed by atoms with Gasteiger partial charge in [-0.15, -0.1) is 0 Å². The number of carbonyl (C=O) groups excluding carboxylic acids is 5. The maximum Gasteiger partial charge on any atom is 0.343 e. The van der Waals surface area contributed by atoms with Gasteiger partial charge in [-0.3, -0.25) is 9.59 Å². The highest BCUT2D eigenvalue weighted by molar-refractivity contribution is 5.92. The van der Waals surface area contributed by atoms with E-state index in [0.717, 1.165) is 57.8 Å². The minimum absolute atomic E-state index is 0.0518. The van der Waals surface area contributed by atoms with Crippen molar-refractivity contribution in [2.45, 2.75) is 123 Å². The summed E-state index contributed by atoms with van der Waals surface area (Å²) in [5, 5.41) is 0. The Hall–Kier alpha value is -5.01. The molecule has 2 aromatic carbocycles. The van der Waals surface area contributed by atoms with Gasteiger partial charge in [-0.25, -0.2) is 14.4 Å². The molecule has 0 amide bonds. The van der Waals surface area contributed by atoms with Crippen LogP contribution in [0.25, 0.3) is 0 Å². The number of hydrogen-bond donors (Lipinski definition) is 0. The van der Waals surface area contributed by atoms with E-state index in [9.17, 15) is 24.0 Å². The first-order valence-corrected chi connectivity index (χ1v) is 20.8. The molecular weight excluding hydrogens is 760 g/mol. The molecule has 13 heteroatoms. The first-order chi connectivity index (χ1) is 28.3. The number of benzene rings is 2. The number of rotatable bonds is 22. The molecule has 2 saturated carbocycles. The second kappa shape index (κ2) is 24.2. The first-order valence-electron chi connectivity index (χ1n) is 20.8. The number of hydrogen-bond acceptors (Lipinski definition) is 13. The van der Waals surface area contributed by atoms with Gasteiger partial charge in [0.15, 0.2) is 11.5 Å². The number of carbonyl (C=O) groups is 5. The van der Waals surface area contributed by atoms with Gasteiger partial charge in [-0.1, -0.05) is 13.2 Å². The number of unbranched alkanes of at least 4 members (excludes halogenated alkanes) is 1. The molecule has 0 aromatic heterocycles. The maximum atomic E-state index is 13.1. The van der Waals surface area contributed by atoms with Crippen molar-refractivity contribution in [2.24, 2.45) is 11.8 Å². The molecular formula is C46H60O13. The summed E-state index contributed by atoms with van der Waals surface area (Å²) in [7, 11) is 0. The van der Waals surface area contributed by atoms with E-state index < -0.39 is 11.9 Å². The average molecular weight is 821 g/mol. The Morgan fingerprint density at radius 3 is 1.88 bits per heavy atom. The zero-order valence-corrected chi connectivity index (χ0v) is 35.0. The van der Waals surface area contributed by atoms with Gasteiger partial charge in [0, 0.05) is 23.8 Å². The van der Waals surface area contributed by atoms with Gasteiger partial charge in [0.25, 0.3) is 0 Å². The molecule has 1 atom stereocenters. The van der Waals surface area contributed by atoms with E-state index in [1.807, 2.05) is 6.92 Å². The summed E-state index contributed by atoms with van der Waals surface area (Å²) >= 11 is 0. The predicted molar refractivity (Wildman–Crippen MR) is 218 cm³/mol. The molecule has 59 heavy (non-hydrogen) atoms. The number of esters is 5. The van der Waals surface area contributed by atoms with Gasteiger partial charge in [-0.05, 0) is 141 Å². The van der Waals surface area contributed by atoms with Crippen LogP contribution in [-0.4, -0.2) is 74.6 Å². The van der Waals surface area contributed by atoms with Gasteiger partial charge < -0.3 is 37.9 Å². The van der Waals surface area contributed by atoms with E-state index >= 15 is 0 Å². The van der Waals surface area contributed by atoms with Crippen molar-refractivity contribution >= 4 is 29.8 Å². The lowest BCUT2D eigenvalue weighted by molar-refractivity contribution is -0.151. The maximum absolute atomic E-state index is 13.1. The molecule has 2 aliphatic carbocycles. The van der Waals surface area contributed by atoms with E-state index in [-0.39, 0.29) is 82.2 Å². The van der Waals surface area contributed by atoms with Gasteiger partial charge in [0.1, 0.15) is 11.5 Å². The molecule has 0 heterocycles. The Kier molecular flexibility index (Phi) is 19.1. The van der Waals surface area contributed by atoms with E-state index in [0.29, 0.717) is 51.3 Å². The quantitative estimate of drug-likeness (QED) is 0.0482. The van der Waals surface area contributed by atoms with Crippen molar-refractivity contribution in [1.82, 2.24) is 0 Å². The Morgan fingerprint density at radius 2 is 1.24 bits per heavy atom. The molecule has 2 fully saturated rings. The van der Waals surface area contributed by atoms with Crippen LogP contribution in [0, 0.1) is 11.8 Å². The van der Waals surface area contributed by atoms with Crippen LogP contribution in [0.4, 0.5) is 0 Å². The lowest BCUT2D eigenvalue weighted by Gasteiger charge is -2.29. The van der Waals surface area contributed by atoms with Gasteiger partial charge >= 0.3 is 29.8 Å². The lowest BCUT2D eigenvalue weighted by Crippen LogP contribution is -2.30. The van der Waals surface area contributed by atoms with Crippen LogP contribution in [0.3, 0.4) is 0 Å². The fraction of sp³-hybridized carbons (Fsp3) is 0.543. The molecule has 2 aliphatic rings. The first kappa shape index (κ1) is 46.7. The Morgan fingerprint density at radius 1 is 0.644 bits per heavy atom. The molecule has 0 aliphatic heterocycles. The van der Waals surface area contributed by atoms with Gasteiger partial charge in [0.2, 0.25) is 0 Å². The Balaban J connectivity index is 1.07. The van der Waals surface area contributed by atoms with Gasteiger partial charge in [-0.2, -0.15) is 0 Å². The highest BCUT2D eigenvalue weighted by Gasteiger charge is 2.30. The SMILES string of the molecule is C=C(C)C(=O)OCCCC(C)OC1CCC(C(=O)OCCCCOC2CCC(C(=O)Oc3ccc(OC(=O)c4ccc(OC(=O)C(=C)C)cc4)c(OCC)c3)CC2)CC1. The highest BCUT2D eigenvalue weighted by atomic mass is 16.6. The predicted octanol–water partition coefficient (Wildman–Crippen LogP) is 8.45. The molecule has 0 N–H and O–H groups in total. The van der Waals surface area contributed by atoms with E-state index in [4.69, 9.17) is 37.9 Å². The van der Waals surface area contributed by atoms with Crippen LogP contribution in [0.15, 0.2) is 66.8 Å². The Bertz CT molecular complexity index is 1730. The van der Waals surface area contributed by atoms with Crippen molar-refractivity contribution in [3.8, 4) is 23.0 Å². The largest absolute Gasteiger partial charge is 0.490 e. The minimum atomic E-state index is -0.645. The molecule has 0 spiro atoms. The molecule has 322 valence electrons. The summed E-state index contributed by atoms with van der Waals surface area (Å²) in [5.41, 5.74) is 0.882. The van der Waals surface area contributed by atoms with Crippen molar-refractivity contribution in [3.05, 3.63) is 72.3 Å². The summed E-state index contributed by atoms with van der Waals surface area (Å²) in [6, 6.07) is 10.5. The van der Waals surface area contributed by atoms with Crippen LogP contribution < -0.4 is 18.9 Å². The van der Waals surface area contributed by atoms with Crippen LogP contribution in [0.1, 0.15) is 115 Å². The zero-order chi connectivity index (χ0) is 42.7. The molecule has 2 aromatic rings. The minimum Gasteiger partial charge on any atom is -0.490 e. The summed E-state index contributed by atoms with van der Waals surface area (Å²) in [6.45, 7) is 15.7. The van der Waals surface area contributed by atoms with Crippen LogP contribution in [-0.2, 0) is 38.1 Å². The normalized spacial score (nSPS) is 19.4. The summed E-state index contributed by atoms with van der Waals surface area (Å²) < 4.78 is 45.1.